The number of alkyl halides is 3. The van der Waals surface area contributed by atoms with Gasteiger partial charge in [0.25, 0.3) is 0 Å². The molecule has 22 heavy (non-hydrogen) atoms. The normalized spacial score (nSPS) is 11.3. The van der Waals surface area contributed by atoms with E-state index in [1.807, 2.05) is 30.3 Å². The third-order valence-corrected chi connectivity index (χ3v) is 3.54. The van der Waals surface area contributed by atoms with Gasteiger partial charge in [-0.15, -0.1) is 0 Å². The second-order valence-corrected chi connectivity index (χ2v) is 5.30. The Morgan fingerprint density at radius 2 is 1.59 bits per heavy atom. The smallest absolute Gasteiger partial charge is 0.316 e. The van der Waals surface area contributed by atoms with Crippen molar-refractivity contribution in [2.24, 2.45) is 0 Å². The lowest BCUT2D eigenvalue weighted by atomic mass is 10.1. The average Bonchev–Trinajstić information content (AvgIpc) is 2.49. The van der Waals surface area contributed by atoms with Crippen LogP contribution in [0.1, 0.15) is 38.5 Å². The van der Waals surface area contributed by atoms with Crippen LogP contribution in [-0.2, 0) is 4.79 Å². The van der Waals surface area contributed by atoms with Crippen LogP contribution in [0.2, 0.25) is 0 Å². The molecular weight excluding hydrogens is 291 g/mol. The van der Waals surface area contributed by atoms with Crippen molar-refractivity contribution < 1.29 is 18.0 Å². The highest BCUT2D eigenvalue weighted by Gasteiger charge is 2.30. The van der Waals surface area contributed by atoms with Gasteiger partial charge in [-0.2, -0.15) is 13.2 Å². The predicted molar refractivity (Wildman–Crippen MR) is 82.7 cm³/mol. The molecule has 0 radical (unpaired) electrons. The molecule has 5 heteroatoms. The molecule has 0 saturated carbocycles. The number of hydrogen-bond acceptors (Lipinski definition) is 1. The van der Waals surface area contributed by atoms with Crippen molar-refractivity contribution in [3.05, 3.63) is 42.5 Å². The van der Waals surface area contributed by atoms with Crippen LogP contribution < -0.4 is 4.90 Å². The lowest BCUT2D eigenvalue weighted by molar-refractivity contribution is -0.118. The van der Waals surface area contributed by atoms with Crippen molar-refractivity contribution >= 4 is 11.6 Å². The Kier molecular flexibility index (Phi) is 7.15. The summed E-state index contributed by atoms with van der Waals surface area (Å²) in [6, 6.07) is 9.34. The summed E-state index contributed by atoms with van der Waals surface area (Å²) in [7, 11) is 1.73. The van der Waals surface area contributed by atoms with Crippen LogP contribution in [0.4, 0.5) is 18.9 Å². The van der Waals surface area contributed by atoms with Gasteiger partial charge < -0.3 is 4.90 Å². The van der Waals surface area contributed by atoms with E-state index in [2.05, 4.69) is 6.58 Å². The number of unbranched alkanes of at least 4 members (excludes halogenated alkanes) is 3. The number of carbonyl (C=O) groups excluding carboxylic acids is 1. The van der Waals surface area contributed by atoms with Gasteiger partial charge in [-0.3, -0.25) is 4.79 Å². The van der Waals surface area contributed by atoms with E-state index in [9.17, 15) is 18.0 Å². The van der Waals surface area contributed by atoms with E-state index >= 15 is 0 Å². The molecule has 122 valence electrons. The molecule has 0 aliphatic heterocycles. The molecule has 1 aromatic rings. The third kappa shape index (κ3) is 6.33. The zero-order valence-corrected chi connectivity index (χ0v) is 12.8. The summed E-state index contributed by atoms with van der Waals surface area (Å²) < 4.78 is 36.7. The number of benzene rings is 1. The Labute approximate surface area is 129 Å². The highest BCUT2D eigenvalue weighted by Crippen LogP contribution is 2.28. The van der Waals surface area contributed by atoms with E-state index in [1.54, 1.807) is 11.9 Å². The van der Waals surface area contributed by atoms with Crippen LogP contribution in [0.25, 0.3) is 0 Å². The van der Waals surface area contributed by atoms with Crippen molar-refractivity contribution in [1.29, 1.82) is 0 Å². The topological polar surface area (TPSA) is 20.3 Å². The van der Waals surface area contributed by atoms with Crippen molar-refractivity contribution in [3.8, 4) is 0 Å². The standard InChI is InChI=1S/C17H22F3NO/c1-14(17(18,19)20)10-6-3-4-9-13-16(22)21(2)15-11-7-5-8-12-15/h5,7-8,11-12H,1,3-4,6,9-10,13H2,2H3. The summed E-state index contributed by atoms with van der Waals surface area (Å²) in [4.78, 5) is 13.6. The first-order valence-corrected chi connectivity index (χ1v) is 7.39. The highest BCUT2D eigenvalue weighted by atomic mass is 19.4. The van der Waals surface area contributed by atoms with Crippen LogP contribution in [0.3, 0.4) is 0 Å². The van der Waals surface area contributed by atoms with Gasteiger partial charge in [-0.05, 0) is 31.4 Å². The lowest BCUT2D eigenvalue weighted by Gasteiger charge is -2.17. The second-order valence-electron chi connectivity index (χ2n) is 5.30. The molecule has 0 N–H and O–H groups in total. The number of halogens is 3. The Balaban J connectivity index is 2.17. The third-order valence-electron chi connectivity index (χ3n) is 3.54. The first kappa shape index (κ1) is 18.3. The molecule has 0 unspecified atom stereocenters. The van der Waals surface area contributed by atoms with Gasteiger partial charge >= 0.3 is 6.18 Å². The fraction of sp³-hybridized carbons (Fsp3) is 0.471. The van der Waals surface area contributed by atoms with Crippen LogP contribution >= 0.6 is 0 Å². The number of para-hydroxylation sites is 1. The number of amides is 1. The van der Waals surface area contributed by atoms with Gasteiger partial charge in [0.05, 0.1) is 0 Å². The minimum Gasteiger partial charge on any atom is -0.316 e. The van der Waals surface area contributed by atoms with E-state index in [4.69, 9.17) is 0 Å². The van der Waals surface area contributed by atoms with Crippen molar-refractivity contribution in [1.82, 2.24) is 0 Å². The maximum Gasteiger partial charge on any atom is 0.412 e. The van der Waals surface area contributed by atoms with Crippen LogP contribution in [0.15, 0.2) is 42.5 Å². The molecule has 1 rings (SSSR count). The number of rotatable bonds is 8. The summed E-state index contributed by atoms with van der Waals surface area (Å²) in [5, 5.41) is 0. The largest absolute Gasteiger partial charge is 0.412 e. The number of anilines is 1. The SMILES string of the molecule is C=C(CCCCCCC(=O)N(C)c1ccccc1)C(F)(F)F. The summed E-state index contributed by atoms with van der Waals surface area (Å²) in [5.41, 5.74) is 0.168. The number of carbonyl (C=O) groups is 1. The van der Waals surface area contributed by atoms with Crippen LogP contribution in [0, 0.1) is 0 Å². The van der Waals surface area contributed by atoms with Gasteiger partial charge in [0.15, 0.2) is 0 Å². The monoisotopic (exact) mass is 313 g/mol. The summed E-state index contributed by atoms with van der Waals surface area (Å²) in [6.45, 7) is 3.04. The van der Waals surface area contributed by atoms with Gasteiger partial charge in [0.1, 0.15) is 0 Å². The molecule has 1 amide bonds. The maximum absolute atomic E-state index is 12.2. The number of nitrogens with zero attached hydrogens (tertiary/aromatic N) is 1. The maximum atomic E-state index is 12.2. The van der Waals surface area contributed by atoms with Gasteiger partial charge in [0.2, 0.25) is 5.91 Å². The van der Waals surface area contributed by atoms with E-state index in [-0.39, 0.29) is 12.3 Å². The fourth-order valence-corrected chi connectivity index (χ4v) is 2.07. The molecule has 0 aliphatic rings. The Bertz CT molecular complexity index is 482. The minimum absolute atomic E-state index is 0.0194. The zero-order valence-electron chi connectivity index (χ0n) is 12.8. The molecular formula is C17H22F3NO. The van der Waals surface area contributed by atoms with E-state index in [1.165, 1.54) is 0 Å². The molecule has 0 aromatic heterocycles. The van der Waals surface area contributed by atoms with Crippen LogP contribution in [-0.4, -0.2) is 19.1 Å². The summed E-state index contributed by atoms with van der Waals surface area (Å²) in [5.74, 6) is 0.0194. The molecule has 0 aliphatic carbocycles. The van der Waals surface area contributed by atoms with Gasteiger partial charge in [-0.25, -0.2) is 0 Å². The fourth-order valence-electron chi connectivity index (χ4n) is 2.07. The Hall–Kier alpha value is -1.78. The molecule has 0 heterocycles. The molecule has 0 bridgehead atoms. The first-order valence-electron chi connectivity index (χ1n) is 7.39. The molecule has 2 nitrogen and oxygen atoms in total. The van der Waals surface area contributed by atoms with E-state index < -0.39 is 11.7 Å². The number of hydrogen-bond donors (Lipinski definition) is 0. The minimum atomic E-state index is -4.28. The first-order chi connectivity index (χ1) is 10.3. The zero-order chi connectivity index (χ0) is 16.6. The van der Waals surface area contributed by atoms with Crippen molar-refractivity contribution in [2.45, 2.75) is 44.7 Å². The van der Waals surface area contributed by atoms with Crippen molar-refractivity contribution in [3.63, 3.8) is 0 Å². The number of allylic oxidation sites excluding steroid dienone is 1. The van der Waals surface area contributed by atoms with E-state index in [0.29, 0.717) is 25.7 Å². The van der Waals surface area contributed by atoms with E-state index in [0.717, 1.165) is 12.1 Å². The highest BCUT2D eigenvalue weighted by molar-refractivity contribution is 5.92. The van der Waals surface area contributed by atoms with Crippen LogP contribution in [0.5, 0.6) is 0 Å². The van der Waals surface area contributed by atoms with Gasteiger partial charge in [0, 0.05) is 24.7 Å². The predicted octanol–water partition coefficient (Wildman–Crippen LogP) is 5.11. The molecule has 0 atom stereocenters. The molecule has 0 spiro atoms. The Morgan fingerprint density at radius 3 is 2.14 bits per heavy atom. The van der Waals surface area contributed by atoms with Gasteiger partial charge in [-0.1, -0.05) is 37.6 Å². The Morgan fingerprint density at radius 1 is 1.05 bits per heavy atom. The molecule has 0 saturated heterocycles. The summed E-state index contributed by atoms with van der Waals surface area (Å²) >= 11 is 0. The molecule has 0 fully saturated rings. The quantitative estimate of drug-likeness (QED) is 0.482. The lowest BCUT2D eigenvalue weighted by Crippen LogP contribution is -2.25. The molecule has 1 aromatic carbocycles. The summed E-state index contributed by atoms with van der Waals surface area (Å²) in [6.07, 6.45) is -1.33. The average molecular weight is 313 g/mol. The van der Waals surface area contributed by atoms with Crippen molar-refractivity contribution in [2.75, 3.05) is 11.9 Å². The second kappa shape index (κ2) is 8.61.